The van der Waals surface area contributed by atoms with Crippen LogP contribution < -0.4 is 11.5 Å². The summed E-state index contributed by atoms with van der Waals surface area (Å²) in [6.45, 7) is 2.24. The number of ether oxygens (including phenoxy) is 1. The van der Waals surface area contributed by atoms with Crippen LogP contribution in [0.15, 0.2) is 4.42 Å². The van der Waals surface area contributed by atoms with E-state index < -0.39 is 5.97 Å². The minimum absolute atomic E-state index is 0.000813. The molecule has 0 fully saturated rings. The predicted molar refractivity (Wildman–Crippen MR) is 64.3 cm³/mol. The Kier molecular flexibility index (Phi) is 5.46. The second kappa shape index (κ2) is 7.13. The molecular weight excluding hydrogens is 234 g/mol. The van der Waals surface area contributed by atoms with Crippen molar-refractivity contribution in [2.45, 2.75) is 6.92 Å². The van der Waals surface area contributed by atoms with Crippen molar-refractivity contribution >= 4 is 5.97 Å². The van der Waals surface area contributed by atoms with E-state index in [9.17, 15) is 4.79 Å². The van der Waals surface area contributed by atoms with E-state index in [1.54, 1.807) is 6.92 Å². The molecular formula is C12H13N3O3. The maximum absolute atomic E-state index is 11.6. The molecule has 0 amide bonds. The molecule has 0 aliphatic rings. The van der Waals surface area contributed by atoms with Gasteiger partial charge in [0, 0.05) is 0 Å². The van der Waals surface area contributed by atoms with Gasteiger partial charge in [0.05, 0.1) is 19.7 Å². The first-order valence-corrected chi connectivity index (χ1v) is 5.28. The third kappa shape index (κ3) is 3.63. The van der Waals surface area contributed by atoms with E-state index in [0.717, 1.165) is 0 Å². The fraction of sp³-hybridized carbons (Fsp3) is 0.333. The molecule has 0 saturated heterocycles. The zero-order chi connectivity index (χ0) is 13.4. The minimum Gasteiger partial charge on any atom is -0.461 e. The Balaban J connectivity index is 3.12. The maximum atomic E-state index is 11.6. The van der Waals surface area contributed by atoms with Gasteiger partial charge in [-0.3, -0.25) is 0 Å². The first kappa shape index (κ1) is 13.8. The van der Waals surface area contributed by atoms with E-state index in [1.807, 2.05) is 0 Å². The van der Waals surface area contributed by atoms with Gasteiger partial charge >= 0.3 is 5.97 Å². The third-order valence-electron chi connectivity index (χ3n) is 1.70. The number of oxazole rings is 1. The Bertz CT molecular complexity index is 540. The van der Waals surface area contributed by atoms with Gasteiger partial charge in [0.15, 0.2) is 0 Å². The van der Waals surface area contributed by atoms with Gasteiger partial charge in [-0.25, -0.2) is 4.79 Å². The van der Waals surface area contributed by atoms with Gasteiger partial charge in [-0.05, 0) is 18.8 Å². The lowest BCUT2D eigenvalue weighted by Gasteiger charge is -1.96. The highest BCUT2D eigenvalue weighted by atomic mass is 16.5. The van der Waals surface area contributed by atoms with Gasteiger partial charge < -0.3 is 20.6 Å². The number of aromatic nitrogens is 1. The average Bonchev–Trinajstić information content (AvgIpc) is 2.77. The summed E-state index contributed by atoms with van der Waals surface area (Å²) in [7, 11) is 0. The van der Waals surface area contributed by atoms with Crippen LogP contribution in [0, 0.1) is 23.7 Å². The number of carbonyl (C=O) groups excluding carboxylic acids is 1. The van der Waals surface area contributed by atoms with Gasteiger partial charge in [0.25, 0.3) is 5.89 Å². The smallest absolute Gasteiger partial charge is 0.361 e. The summed E-state index contributed by atoms with van der Waals surface area (Å²) < 4.78 is 10.0. The number of hydrogen-bond donors (Lipinski definition) is 2. The van der Waals surface area contributed by atoms with Crippen molar-refractivity contribution in [1.82, 2.24) is 4.98 Å². The molecule has 0 aliphatic heterocycles. The van der Waals surface area contributed by atoms with E-state index >= 15 is 0 Å². The van der Waals surface area contributed by atoms with Crippen LogP contribution in [-0.4, -0.2) is 30.6 Å². The van der Waals surface area contributed by atoms with Crippen molar-refractivity contribution in [2.24, 2.45) is 11.5 Å². The van der Waals surface area contributed by atoms with Gasteiger partial charge in [-0.15, -0.1) is 0 Å². The van der Waals surface area contributed by atoms with Crippen molar-refractivity contribution < 1.29 is 13.9 Å². The molecule has 0 unspecified atom stereocenters. The fourth-order valence-electron chi connectivity index (χ4n) is 1.05. The Morgan fingerprint density at radius 3 is 2.61 bits per heavy atom. The van der Waals surface area contributed by atoms with E-state index in [1.165, 1.54) is 0 Å². The summed E-state index contributed by atoms with van der Waals surface area (Å²) in [5, 5.41) is 0. The number of nitrogens with two attached hydrogens (primary N) is 2. The molecule has 6 heteroatoms. The molecule has 1 aromatic rings. The highest BCUT2D eigenvalue weighted by Gasteiger charge is 2.19. The molecule has 1 heterocycles. The summed E-state index contributed by atoms with van der Waals surface area (Å²) in [6, 6.07) is 0. The third-order valence-corrected chi connectivity index (χ3v) is 1.70. The number of rotatable bonds is 2. The highest BCUT2D eigenvalue weighted by molar-refractivity contribution is 5.89. The van der Waals surface area contributed by atoms with Crippen molar-refractivity contribution in [3.8, 4) is 23.7 Å². The predicted octanol–water partition coefficient (Wildman–Crippen LogP) is -0.528. The van der Waals surface area contributed by atoms with Crippen LogP contribution in [0.5, 0.6) is 0 Å². The summed E-state index contributed by atoms with van der Waals surface area (Å²) in [5.41, 5.74) is 10.5. The Labute approximate surface area is 105 Å². The number of carbonyl (C=O) groups is 1. The van der Waals surface area contributed by atoms with Crippen LogP contribution in [0.25, 0.3) is 0 Å². The molecule has 0 atom stereocenters. The number of nitrogens with zero attached hydrogens (tertiary/aromatic N) is 1. The largest absolute Gasteiger partial charge is 0.461 e. The lowest BCUT2D eigenvalue weighted by Crippen LogP contribution is -2.07. The van der Waals surface area contributed by atoms with Crippen LogP contribution in [0.2, 0.25) is 0 Å². The maximum Gasteiger partial charge on any atom is 0.361 e. The Morgan fingerprint density at radius 1 is 1.33 bits per heavy atom. The zero-order valence-electron chi connectivity index (χ0n) is 9.95. The standard InChI is InChI=1S/C12H13N3O3/c1-2-17-12(16)11-9(5-3-7-13)18-10(15-11)6-4-8-14/h2,7-8,13-14H2,1H3. The lowest BCUT2D eigenvalue weighted by molar-refractivity contribution is 0.0519. The van der Waals surface area contributed by atoms with Crippen LogP contribution in [0.4, 0.5) is 0 Å². The molecule has 4 N–H and O–H groups in total. The summed E-state index contributed by atoms with van der Waals surface area (Å²) in [6.07, 6.45) is 0. The average molecular weight is 247 g/mol. The van der Waals surface area contributed by atoms with Gasteiger partial charge in [0.2, 0.25) is 11.5 Å². The van der Waals surface area contributed by atoms with E-state index in [4.69, 9.17) is 20.6 Å². The quantitative estimate of drug-likeness (QED) is 0.538. The second-order valence-corrected chi connectivity index (χ2v) is 2.93. The van der Waals surface area contributed by atoms with Gasteiger partial charge in [-0.2, -0.15) is 4.98 Å². The summed E-state index contributed by atoms with van der Waals surface area (Å²) >= 11 is 0. The van der Waals surface area contributed by atoms with Crippen LogP contribution in [0.1, 0.15) is 29.1 Å². The Morgan fingerprint density at radius 2 is 2.00 bits per heavy atom. The molecule has 1 aromatic heterocycles. The fourth-order valence-corrected chi connectivity index (χ4v) is 1.05. The molecule has 18 heavy (non-hydrogen) atoms. The molecule has 0 aromatic carbocycles. The van der Waals surface area contributed by atoms with Crippen molar-refractivity contribution in [3.63, 3.8) is 0 Å². The van der Waals surface area contributed by atoms with Crippen molar-refractivity contribution in [1.29, 1.82) is 0 Å². The van der Waals surface area contributed by atoms with E-state index in [-0.39, 0.29) is 37.0 Å². The minimum atomic E-state index is -0.608. The molecule has 0 spiro atoms. The van der Waals surface area contributed by atoms with Crippen LogP contribution in [-0.2, 0) is 4.74 Å². The molecule has 0 radical (unpaired) electrons. The Hall–Kier alpha value is -2.28. The first-order valence-electron chi connectivity index (χ1n) is 5.28. The normalized spacial score (nSPS) is 8.83. The van der Waals surface area contributed by atoms with Gasteiger partial charge in [-0.1, -0.05) is 11.8 Å². The van der Waals surface area contributed by atoms with Crippen molar-refractivity contribution in [3.05, 3.63) is 17.3 Å². The zero-order valence-corrected chi connectivity index (χ0v) is 9.95. The van der Waals surface area contributed by atoms with Crippen LogP contribution in [0.3, 0.4) is 0 Å². The first-order chi connectivity index (χ1) is 8.72. The number of hydrogen-bond acceptors (Lipinski definition) is 6. The highest BCUT2D eigenvalue weighted by Crippen LogP contribution is 2.10. The topological polar surface area (TPSA) is 104 Å². The van der Waals surface area contributed by atoms with Crippen molar-refractivity contribution in [2.75, 3.05) is 19.7 Å². The lowest BCUT2D eigenvalue weighted by atomic mass is 10.3. The summed E-state index contributed by atoms with van der Waals surface area (Å²) in [5.74, 6) is 9.89. The van der Waals surface area contributed by atoms with E-state index in [2.05, 4.69) is 28.7 Å². The summed E-state index contributed by atoms with van der Waals surface area (Å²) in [4.78, 5) is 15.5. The molecule has 1 rings (SSSR count). The molecule has 94 valence electrons. The molecule has 0 bridgehead atoms. The monoisotopic (exact) mass is 247 g/mol. The number of esters is 1. The molecule has 6 nitrogen and oxygen atoms in total. The van der Waals surface area contributed by atoms with Crippen LogP contribution >= 0.6 is 0 Å². The molecule has 0 saturated carbocycles. The van der Waals surface area contributed by atoms with E-state index in [0.29, 0.717) is 0 Å². The van der Waals surface area contributed by atoms with Gasteiger partial charge in [0.1, 0.15) is 0 Å². The second-order valence-electron chi connectivity index (χ2n) is 2.93. The molecule has 0 aliphatic carbocycles. The SMILES string of the molecule is CCOC(=O)c1nc(C#CCN)oc1C#CCN.